The SMILES string of the molecule is CN(C1CCS(=O)(=O)C1)S(=O)(=O)Cc1cccc2cccnc12. The molecule has 0 aliphatic carbocycles. The molecule has 1 atom stereocenters. The first-order valence-corrected chi connectivity index (χ1v) is 10.7. The fourth-order valence-electron chi connectivity index (χ4n) is 2.87. The van der Waals surface area contributed by atoms with Gasteiger partial charge in [-0.1, -0.05) is 24.3 Å². The minimum absolute atomic E-state index is 0.0490. The summed E-state index contributed by atoms with van der Waals surface area (Å²) in [5.74, 6) is -0.238. The van der Waals surface area contributed by atoms with E-state index in [1.165, 1.54) is 11.4 Å². The predicted octanol–water partition coefficient (Wildman–Crippen LogP) is 1.18. The molecule has 1 aromatic carbocycles. The Morgan fingerprint density at radius 1 is 1.26 bits per heavy atom. The molecule has 0 amide bonds. The number of sulfonamides is 1. The van der Waals surface area contributed by atoms with E-state index < -0.39 is 25.9 Å². The highest BCUT2D eigenvalue weighted by atomic mass is 32.2. The highest BCUT2D eigenvalue weighted by molar-refractivity contribution is 7.92. The molecule has 0 saturated carbocycles. The molecule has 3 rings (SSSR count). The van der Waals surface area contributed by atoms with Crippen molar-refractivity contribution in [3.63, 3.8) is 0 Å². The molecular weight excluding hydrogens is 336 g/mol. The third kappa shape index (κ3) is 3.39. The van der Waals surface area contributed by atoms with Crippen LogP contribution >= 0.6 is 0 Å². The third-order valence-electron chi connectivity index (χ3n) is 4.22. The lowest BCUT2D eigenvalue weighted by Crippen LogP contribution is -2.38. The van der Waals surface area contributed by atoms with Crippen molar-refractivity contribution in [2.45, 2.75) is 18.2 Å². The first-order valence-electron chi connectivity index (χ1n) is 7.27. The summed E-state index contributed by atoms with van der Waals surface area (Å²) in [4.78, 5) is 4.27. The Kier molecular flexibility index (Phi) is 4.16. The highest BCUT2D eigenvalue weighted by Crippen LogP contribution is 2.23. The quantitative estimate of drug-likeness (QED) is 0.823. The molecule has 2 aromatic rings. The van der Waals surface area contributed by atoms with Gasteiger partial charge in [0.25, 0.3) is 0 Å². The van der Waals surface area contributed by atoms with Crippen LogP contribution in [0.1, 0.15) is 12.0 Å². The van der Waals surface area contributed by atoms with E-state index >= 15 is 0 Å². The molecule has 1 aromatic heterocycles. The van der Waals surface area contributed by atoms with Crippen LogP contribution in [-0.2, 0) is 25.6 Å². The van der Waals surface area contributed by atoms with Crippen molar-refractivity contribution in [2.24, 2.45) is 0 Å². The van der Waals surface area contributed by atoms with E-state index in [-0.39, 0.29) is 17.3 Å². The molecule has 1 unspecified atom stereocenters. The maximum absolute atomic E-state index is 12.6. The number of nitrogens with zero attached hydrogens (tertiary/aromatic N) is 2. The monoisotopic (exact) mass is 354 g/mol. The van der Waals surface area contributed by atoms with Gasteiger partial charge in [0.1, 0.15) is 0 Å². The van der Waals surface area contributed by atoms with Gasteiger partial charge in [0.15, 0.2) is 9.84 Å². The fourth-order valence-corrected chi connectivity index (χ4v) is 6.20. The normalized spacial score (nSPS) is 21.0. The molecule has 23 heavy (non-hydrogen) atoms. The van der Waals surface area contributed by atoms with Gasteiger partial charge in [-0.15, -0.1) is 0 Å². The second kappa shape index (κ2) is 5.85. The van der Waals surface area contributed by atoms with Gasteiger partial charge in [0.05, 0.1) is 22.8 Å². The number of para-hydroxylation sites is 1. The lowest BCUT2D eigenvalue weighted by atomic mass is 10.1. The van der Waals surface area contributed by atoms with E-state index in [0.29, 0.717) is 17.5 Å². The average Bonchev–Trinajstić information content (AvgIpc) is 2.86. The van der Waals surface area contributed by atoms with Crippen LogP contribution in [0.5, 0.6) is 0 Å². The number of hydrogen-bond donors (Lipinski definition) is 0. The van der Waals surface area contributed by atoms with E-state index in [2.05, 4.69) is 4.98 Å². The van der Waals surface area contributed by atoms with Crippen molar-refractivity contribution in [1.29, 1.82) is 0 Å². The van der Waals surface area contributed by atoms with Gasteiger partial charge in [-0.2, -0.15) is 0 Å². The molecule has 0 spiro atoms. The molecule has 2 heterocycles. The van der Waals surface area contributed by atoms with E-state index in [1.54, 1.807) is 24.4 Å². The number of fused-ring (bicyclic) bond motifs is 1. The number of pyridine rings is 1. The maximum Gasteiger partial charge on any atom is 0.218 e. The molecule has 1 aliphatic rings. The Morgan fingerprint density at radius 3 is 2.70 bits per heavy atom. The second-order valence-electron chi connectivity index (χ2n) is 5.82. The molecule has 1 saturated heterocycles. The van der Waals surface area contributed by atoms with Gasteiger partial charge in [0, 0.05) is 24.7 Å². The summed E-state index contributed by atoms with van der Waals surface area (Å²) < 4.78 is 49.6. The summed E-state index contributed by atoms with van der Waals surface area (Å²) in [6.07, 6.45) is 1.98. The summed E-state index contributed by atoms with van der Waals surface area (Å²) in [5.41, 5.74) is 1.28. The molecule has 1 fully saturated rings. The molecule has 8 heteroatoms. The molecule has 0 radical (unpaired) electrons. The van der Waals surface area contributed by atoms with E-state index in [4.69, 9.17) is 0 Å². The van der Waals surface area contributed by atoms with Crippen molar-refractivity contribution >= 4 is 30.8 Å². The number of benzene rings is 1. The fraction of sp³-hybridized carbons (Fsp3) is 0.400. The van der Waals surface area contributed by atoms with Gasteiger partial charge in [-0.25, -0.2) is 21.1 Å². The second-order valence-corrected chi connectivity index (χ2v) is 10.1. The Hall–Kier alpha value is -1.51. The van der Waals surface area contributed by atoms with Crippen LogP contribution in [0.2, 0.25) is 0 Å². The molecule has 124 valence electrons. The summed E-state index contributed by atoms with van der Waals surface area (Å²) >= 11 is 0. The van der Waals surface area contributed by atoms with E-state index in [0.717, 1.165) is 5.39 Å². The smallest absolute Gasteiger partial charge is 0.218 e. The van der Waals surface area contributed by atoms with Crippen molar-refractivity contribution in [3.05, 3.63) is 42.1 Å². The highest BCUT2D eigenvalue weighted by Gasteiger charge is 2.35. The summed E-state index contributed by atoms with van der Waals surface area (Å²) in [6.45, 7) is 0. The minimum atomic E-state index is -3.61. The molecule has 0 N–H and O–H groups in total. The third-order valence-corrected chi connectivity index (χ3v) is 7.82. The Morgan fingerprint density at radius 2 is 2.00 bits per heavy atom. The maximum atomic E-state index is 12.6. The van der Waals surface area contributed by atoms with Gasteiger partial charge in [-0.05, 0) is 18.1 Å². The van der Waals surface area contributed by atoms with Gasteiger partial charge < -0.3 is 0 Å². The van der Waals surface area contributed by atoms with Crippen LogP contribution in [0.3, 0.4) is 0 Å². The Labute approximate surface area is 136 Å². The standard InChI is InChI=1S/C15H18N2O4S2/c1-17(14-7-9-22(18,19)11-14)23(20,21)10-13-5-2-4-12-6-3-8-16-15(12)13/h2-6,8,14H,7,9-11H2,1H3. The van der Waals surface area contributed by atoms with Crippen LogP contribution < -0.4 is 0 Å². The number of sulfone groups is 1. The van der Waals surface area contributed by atoms with Gasteiger partial charge in [0.2, 0.25) is 10.0 Å². The predicted molar refractivity (Wildman–Crippen MR) is 89.2 cm³/mol. The van der Waals surface area contributed by atoms with Crippen molar-refractivity contribution < 1.29 is 16.8 Å². The minimum Gasteiger partial charge on any atom is -0.256 e. The zero-order valence-electron chi connectivity index (χ0n) is 12.7. The Bertz CT molecular complexity index is 934. The zero-order chi connectivity index (χ0) is 16.7. The Balaban J connectivity index is 1.88. The summed E-state index contributed by atoms with van der Waals surface area (Å²) in [7, 11) is -5.28. The van der Waals surface area contributed by atoms with Crippen molar-refractivity contribution in [1.82, 2.24) is 9.29 Å². The number of aromatic nitrogens is 1. The first kappa shape index (κ1) is 16.4. The summed E-state index contributed by atoms with van der Waals surface area (Å²) in [6, 6.07) is 8.63. The van der Waals surface area contributed by atoms with Crippen LogP contribution in [0, 0.1) is 0 Å². The largest absolute Gasteiger partial charge is 0.256 e. The molecule has 1 aliphatic heterocycles. The van der Waals surface area contributed by atoms with Gasteiger partial charge >= 0.3 is 0 Å². The number of rotatable bonds is 4. The topological polar surface area (TPSA) is 84.4 Å². The number of hydrogen-bond acceptors (Lipinski definition) is 5. The van der Waals surface area contributed by atoms with Gasteiger partial charge in [-0.3, -0.25) is 4.98 Å². The lowest BCUT2D eigenvalue weighted by molar-refractivity contribution is 0.393. The molecule has 6 nitrogen and oxygen atoms in total. The molecular formula is C15H18N2O4S2. The summed E-state index contributed by atoms with van der Waals surface area (Å²) in [5, 5.41) is 0.881. The van der Waals surface area contributed by atoms with E-state index in [1.807, 2.05) is 12.1 Å². The van der Waals surface area contributed by atoms with Crippen molar-refractivity contribution in [3.8, 4) is 0 Å². The van der Waals surface area contributed by atoms with Crippen molar-refractivity contribution in [2.75, 3.05) is 18.6 Å². The van der Waals surface area contributed by atoms with Crippen LogP contribution in [0.15, 0.2) is 36.5 Å². The first-order chi connectivity index (χ1) is 10.8. The molecule has 0 bridgehead atoms. The average molecular weight is 354 g/mol. The zero-order valence-corrected chi connectivity index (χ0v) is 14.3. The van der Waals surface area contributed by atoms with Crippen LogP contribution in [-0.4, -0.2) is 50.7 Å². The van der Waals surface area contributed by atoms with E-state index in [9.17, 15) is 16.8 Å². The van der Waals surface area contributed by atoms with Crippen LogP contribution in [0.4, 0.5) is 0 Å². The van der Waals surface area contributed by atoms with Crippen LogP contribution in [0.25, 0.3) is 10.9 Å². The lowest BCUT2D eigenvalue weighted by Gasteiger charge is -2.23.